The van der Waals surface area contributed by atoms with E-state index in [0.29, 0.717) is 50.9 Å². The lowest BCUT2D eigenvalue weighted by molar-refractivity contribution is 0.0542. The van der Waals surface area contributed by atoms with E-state index in [1.54, 1.807) is 11.9 Å². The number of aryl methyl sites for hydroxylation is 1. The highest BCUT2D eigenvalue weighted by Crippen LogP contribution is 2.12. The molecule has 0 saturated heterocycles. The molecule has 7 nitrogen and oxygen atoms in total. The van der Waals surface area contributed by atoms with E-state index in [1.807, 2.05) is 13.8 Å². The van der Waals surface area contributed by atoms with Crippen LogP contribution in [0.15, 0.2) is 6.20 Å². The Kier molecular flexibility index (Phi) is 7.03. The van der Waals surface area contributed by atoms with Crippen molar-refractivity contribution in [3.05, 3.63) is 11.9 Å². The molecule has 0 aliphatic carbocycles. The molecule has 114 valence electrons. The molecule has 0 saturated carbocycles. The second kappa shape index (κ2) is 8.55. The highest BCUT2D eigenvalue weighted by Gasteiger charge is 2.21. The summed E-state index contributed by atoms with van der Waals surface area (Å²) in [4.78, 5) is 14.2. The Morgan fingerprint density at radius 3 is 2.25 bits per heavy atom. The van der Waals surface area contributed by atoms with Gasteiger partial charge in [0.25, 0.3) is 5.91 Å². The van der Waals surface area contributed by atoms with E-state index < -0.39 is 0 Å². The summed E-state index contributed by atoms with van der Waals surface area (Å²) >= 11 is 0. The summed E-state index contributed by atoms with van der Waals surface area (Å²) in [6, 6.07) is 0. The molecule has 1 rings (SSSR count). The molecule has 20 heavy (non-hydrogen) atoms. The quantitative estimate of drug-likeness (QED) is 0.668. The number of hydrogen-bond donors (Lipinski definition) is 1. The average molecular weight is 284 g/mol. The van der Waals surface area contributed by atoms with Gasteiger partial charge in [0.1, 0.15) is 5.69 Å². The largest absolute Gasteiger partial charge is 0.396 e. The standard InChI is InChI=1S/C13H24N4O3/c1-4-19-8-6-17(7-9-20-5-2)13(18)12-11(14)10-15-16(12)3/h10H,4-9,14H2,1-3H3. The van der Waals surface area contributed by atoms with Crippen LogP contribution in [-0.2, 0) is 16.5 Å². The molecule has 2 N–H and O–H groups in total. The molecule has 0 bridgehead atoms. The molecule has 0 atom stereocenters. The van der Waals surface area contributed by atoms with Gasteiger partial charge in [-0.25, -0.2) is 0 Å². The van der Waals surface area contributed by atoms with Gasteiger partial charge in [0.15, 0.2) is 0 Å². The zero-order valence-corrected chi connectivity index (χ0v) is 12.5. The smallest absolute Gasteiger partial charge is 0.274 e. The van der Waals surface area contributed by atoms with Gasteiger partial charge < -0.3 is 20.1 Å². The van der Waals surface area contributed by atoms with Crippen LogP contribution in [0.5, 0.6) is 0 Å². The van der Waals surface area contributed by atoms with Crippen LogP contribution >= 0.6 is 0 Å². The molecule has 0 fully saturated rings. The Labute approximate surface area is 119 Å². The average Bonchev–Trinajstić information content (AvgIpc) is 2.76. The van der Waals surface area contributed by atoms with Crippen molar-refractivity contribution in [1.29, 1.82) is 0 Å². The third-order valence-electron chi connectivity index (χ3n) is 2.88. The molecular formula is C13H24N4O3. The Morgan fingerprint density at radius 1 is 1.30 bits per heavy atom. The number of anilines is 1. The maximum absolute atomic E-state index is 12.5. The lowest BCUT2D eigenvalue weighted by Gasteiger charge is -2.22. The first kappa shape index (κ1) is 16.5. The Morgan fingerprint density at radius 2 is 1.85 bits per heavy atom. The van der Waals surface area contributed by atoms with Crippen LogP contribution in [0.1, 0.15) is 24.3 Å². The van der Waals surface area contributed by atoms with Gasteiger partial charge in [-0.1, -0.05) is 0 Å². The summed E-state index contributed by atoms with van der Waals surface area (Å²) in [5.41, 5.74) is 6.58. The van der Waals surface area contributed by atoms with Crippen molar-refractivity contribution in [3.63, 3.8) is 0 Å². The molecule has 7 heteroatoms. The minimum absolute atomic E-state index is 0.151. The van der Waals surface area contributed by atoms with E-state index in [9.17, 15) is 4.79 Å². The predicted octanol–water partition coefficient (Wildman–Crippen LogP) is 0.518. The van der Waals surface area contributed by atoms with Crippen molar-refractivity contribution in [3.8, 4) is 0 Å². The summed E-state index contributed by atoms with van der Waals surface area (Å²) < 4.78 is 12.1. The van der Waals surface area contributed by atoms with Gasteiger partial charge in [-0.3, -0.25) is 9.48 Å². The van der Waals surface area contributed by atoms with Gasteiger partial charge in [-0.2, -0.15) is 5.10 Å². The summed E-state index contributed by atoms with van der Waals surface area (Å²) in [5, 5.41) is 3.99. The van der Waals surface area contributed by atoms with E-state index in [0.717, 1.165) is 0 Å². The van der Waals surface area contributed by atoms with Crippen molar-refractivity contribution >= 4 is 11.6 Å². The van der Waals surface area contributed by atoms with Crippen molar-refractivity contribution < 1.29 is 14.3 Å². The lowest BCUT2D eigenvalue weighted by Crippen LogP contribution is -2.38. The van der Waals surface area contributed by atoms with E-state index >= 15 is 0 Å². The number of rotatable bonds is 9. The third-order valence-corrected chi connectivity index (χ3v) is 2.88. The summed E-state index contributed by atoms with van der Waals surface area (Å²) in [5.74, 6) is -0.151. The monoisotopic (exact) mass is 284 g/mol. The normalized spacial score (nSPS) is 10.8. The SMILES string of the molecule is CCOCCN(CCOCC)C(=O)c1c(N)cnn1C. The zero-order valence-electron chi connectivity index (χ0n) is 12.5. The number of carbonyl (C=O) groups excluding carboxylic acids is 1. The second-order valence-corrected chi connectivity index (χ2v) is 4.26. The maximum Gasteiger partial charge on any atom is 0.274 e. The molecular weight excluding hydrogens is 260 g/mol. The van der Waals surface area contributed by atoms with Gasteiger partial charge in [0.2, 0.25) is 0 Å². The number of aromatic nitrogens is 2. The molecule has 1 heterocycles. The van der Waals surface area contributed by atoms with Crippen molar-refractivity contribution in [2.75, 3.05) is 45.3 Å². The first-order valence-corrected chi connectivity index (χ1v) is 6.84. The first-order chi connectivity index (χ1) is 9.61. The number of carbonyl (C=O) groups is 1. The molecule has 1 amide bonds. The molecule has 1 aromatic heterocycles. The number of nitrogens with zero attached hydrogens (tertiary/aromatic N) is 3. The highest BCUT2D eigenvalue weighted by molar-refractivity contribution is 5.97. The van der Waals surface area contributed by atoms with Crippen molar-refractivity contribution in [2.24, 2.45) is 7.05 Å². The van der Waals surface area contributed by atoms with Gasteiger partial charge >= 0.3 is 0 Å². The zero-order chi connectivity index (χ0) is 15.0. The van der Waals surface area contributed by atoms with Crippen LogP contribution in [0.2, 0.25) is 0 Å². The third kappa shape index (κ3) is 4.50. The molecule has 0 radical (unpaired) electrons. The summed E-state index contributed by atoms with van der Waals surface area (Å²) in [6.07, 6.45) is 1.48. The van der Waals surface area contributed by atoms with Gasteiger partial charge in [0, 0.05) is 33.4 Å². The van der Waals surface area contributed by atoms with Crippen molar-refractivity contribution in [1.82, 2.24) is 14.7 Å². The summed E-state index contributed by atoms with van der Waals surface area (Å²) in [6.45, 7) is 7.09. The molecule has 1 aromatic rings. The predicted molar refractivity (Wildman–Crippen MR) is 76.5 cm³/mol. The summed E-state index contributed by atoms with van der Waals surface area (Å²) in [7, 11) is 1.70. The lowest BCUT2D eigenvalue weighted by atomic mass is 10.3. The number of ether oxygens (including phenoxy) is 2. The minimum atomic E-state index is -0.151. The van der Waals surface area contributed by atoms with Crippen LogP contribution in [0.3, 0.4) is 0 Å². The fourth-order valence-electron chi connectivity index (χ4n) is 1.82. The number of hydrogen-bond acceptors (Lipinski definition) is 5. The molecule has 0 unspecified atom stereocenters. The molecule has 0 aliphatic rings. The second-order valence-electron chi connectivity index (χ2n) is 4.26. The van der Waals surface area contributed by atoms with Gasteiger partial charge in [-0.05, 0) is 13.8 Å². The minimum Gasteiger partial charge on any atom is -0.396 e. The van der Waals surface area contributed by atoms with Crippen LogP contribution in [0.4, 0.5) is 5.69 Å². The van der Waals surface area contributed by atoms with Gasteiger partial charge in [0.05, 0.1) is 25.1 Å². The fraction of sp³-hybridized carbons (Fsp3) is 0.692. The Bertz CT molecular complexity index is 390. The van der Waals surface area contributed by atoms with Crippen LogP contribution in [0, 0.1) is 0 Å². The van der Waals surface area contributed by atoms with Crippen LogP contribution in [0.25, 0.3) is 0 Å². The topological polar surface area (TPSA) is 82.6 Å². The van der Waals surface area contributed by atoms with Crippen LogP contribution in [-0.4, -0.2) is 60.1 Å². The van der Waals surface area contributed by atoms with E-state index in [2.05, 4.69) is 5.10 Å². The molecule has 0 aromatic carbocycles. The molecule has 0 spiro atoms. The molecule has 0 aliphatic heterocycles. The van der Waals surface area contributed by atoms with E-state index in [4.69, 9.17) is 15.2 Å². The fourth-order valence-corrected chi connectivity index (χ4v) is 1.82. The maximum atomic E-state index is 12.5. The number of amides is 1. The van der Waals surface area contributed by atoms with Crippen molar-refractivity contribution in [2.45, 2.75) is 13.8 Å². The van der Waals surface area contributed by atoms with E-state index in [-0.39, 0.29) is 5.91 Å². The van der Waals surface area contributed by atoms with Gasteiger partial charge in [-0.15, -0.1) is 0 Å². The highest BCUT2D eigenvalue weighted by atomic mass is 16.5. The Hall–Kier alpha value is -1.60. The van der Waals surface area contributed by atoms with Crippen LogP contribution < -0.4 is 5.73 Å². The Balaban J connectivity index is 2.72. The number of nitrogens with two attached hydrogens (primary N) is 1. The first-order valence-electron chi connectivity index (χ1n) is 6.84. The number of nitrogen functional groups attached to an aromatic ring is 1. The van der Waals surface area contributed by atoms with E-state index in [1.165, 1.54) is 10.9 Å².